The highest BCUT2D eigenvalue weighted by Crippen LogP contribution is 2.28. The lowest BCUT2D eigenvalue weighted by atomic mass is 10.3. The zero-order chi connectivity index (χ0) is 18.5. The van der Waals surface area contributed by atoms with E-state index < -0.39 is 0 Å². The summed E-state index contributed by atoms with van der Waals surface area (Å²) >= 11 is 3.65. The van der Waals surface area contributed by atoms with Crippen molar-refractivity contribution in [1.82, 2.24) is 25.4 Å². The molecular formula is C18H27BrIN7. The fourth-order valence-corrected chi connectivity index (χ4v) is 3.59. The first-order valence-corrected chi connectivity index (χ1v) is 9.77. The Hall–Kier alpha value is -1.36. The summed E-state index contributed by atoms with van der Waals surface area (Å²) in [6.45, 7) is 7.33. The van der Waals surface area contributed by atoms with Gasteiger partial charge in [-0.3, -0.25) is 0 Å². The summed E-state index contributed by atoms with van der Waals surface area (Å²) in [5.74, 6) is 2.58. The van der Waals surface area contributed by atoms with Gasteiger partial charge in [0.2, 0.25) is 0 Å². The van der Waals surface area contributed by atoms with Gasteiger partial charge in [-0.05, 0) is 48.3 Å². The second-order valence-electron chi connectivity index (χ2n) is 6.44. The molecule has 1 aromatic carbocycles. The molecule has 1 saturated heterocycles. The summed E-state index contributed by atoms with van der Waals surface area (Å²) in [6.07, 6.45) is 1.08. The maximum atomic E-state index is 4.68. The minimum absolute atomic E-state index is 0. The van der Waals surface area contributed by atoms with Gasteiger partial charge in [-0.25, -0.2) is 4.99 Å². The molecule has 2 aromatic rings. The van der Waals surface area contributed by atoms with Crippen molar-refractivity contribution >= 4 is 51.6 Å². The Morgan fingerprint density at radius 3 is 2.78 bits per heavy atom. The quantitative estimate of drug-likeness (QED) is 0.342. The SMILES string of the molecule is CCNC(=NCc1nnc(C)n1C)NC1CCN(c2ccccc2Br)C1.I. The Bertz CT molecular complexity index is 777. The number of aryl methyl sites for hydroxylation is 1. The number of benzene rings is 1. The van der Waals surface area contributed by atoms with E-state index in [1.165, 1.54) is 5.69 Å². The monoisotopic (exact) mass is 547 g/mol. The molecule has 1 fully saturated rings. The predicted molar refractivity (Wildman–Crippen MR) is 124 cm³/mol. The molecule has 0 aliphatic carbocycles. The first-order valence-electron chi connectivity index (χ1n) is 8.97. The van der Waals surface area contributed by atoms with Crippen LogP contribution >= 0.6 is 39.9 Å². The second kappa shape index (κ2) is 10.3. The van der Waals surface area contributed by atoms with Gasteiger partial charge in [0.25, 0.3) is 0 Å². The number of anilines is 1. The summed E-state index contributed by atoms with van der Waals surface area (Å²) in [4.78, 5) is 7.08. The van der Waals surface area contributed by atoms with Crippen molar-refractivity contribution in [2.24, 2.45) is 12.0 Å². The highest BCUT2D eigenvalue weighted by atomic mass is 127. The molecule has 0 bridgehead atoms. The number of hydrogen-bond donors (Lipinski definition) is 2. The number of nitrogens with one attached hydrogen (secondary N) is 2. The summed E-state index contributed by atoms with van der Waals surface area (Å²) in [5, 5.41) is 15.1. The predicted octanol–water partition coefficient (Wildman–Crippen LogP) is 2.84. The van der Waals surface area contributed by atoms with Gasteiger partial charge in [-0.2, -0.15) is 0 Å². The Kier molecular flexibility index (Phi) is 8.33. The molecule has 0 amide bonds. The Balaban J connectivity index is 0.00000261. The maximum Gasteiger partial charge on any atom is 0.191 e. The summed E-state index contributed by atoms with van der Waals surface area (Å²) in [7, 11) is 1.97. The van der Waals surface area contributed by atoms with Crippen LogP contribution in [0.2, 0.25) is 0 Å². The molecule has 0 radical (unpaired) electrons. The fourth-order valence-electron chi connectivity index (χ4n) is 3.06. The number of rotatable bonds is 5. The molecule has 1 atom stereocenters. The van der Waals surface area contributed by atoms with Crippen LogP contribution in [0.3, 0.4) is 0 Å². The lowest BCUT2D eigenvalue weighted by Gasteiger charge is -2.21. The molecule has 1 unspecified atom stereocenters. The number of para-hydroxylation sites is 1. The van der Waals surface area contributed by atoms with Crippen molar-refractivity contribution in [2.75, 3.05) is 24.5 Å². The van der Waals surface area contributed by atoms with Crippen LogP contribution in [0.4, 0.5) is 5.69 Å². The lowest BCUT2D eigenvalue weighted by Crippen LogP contribution is -2.44. The van der Waals surface area contributed by atoms with E-state index in [-0.39, 0.29) is 24.0 Å². The number of hydrogen-bond acceptors (Lipinski definition) is 4. The number of halogens is 2. The Morgan fingerprint density at radius 1 is 1.33 bits per heavy atom. The van der Waals surface area contributed by atoms with Gasteiger partial charge >= 0.3 is 0 Å². The molecular weight excluding hydrogens is 521 g/mol. The highest BCUT2D eigenvalue weighted by molar-refractivity contribution is 14.0. The molecule has 148 valence electrons. The third-order valence-electron chi connectivity index (χ3n) is 4.63. The number of aliphatic imine (C=N–C) groups is 1. The van der Waals surface area contributed by atoms with E-state index in [1.54, 1.807) is 0 Å². The van der Waals surface area contributed by atoms with Crippen LogP contribution in [0.1, 0.15) is 25.0 Å². The smallest absolute Gasteiger partial charge is 0.191 e. The van der Waals surface area contributed by atoms with E-state index in [2.05, 4.69) is 71.8 Å². The molecule has 1 aromatic heterocycles. The topological polar surface area (TPSA) is 70.4 Å². The third kappa shape index (κ3) is 5.56. The number of aromatic nitrogens is 3. The van der Waals surface area contributed by atoms with Gasteiger partial charge in [0, 0.05) is 37.2 Å². The van der Waals surface area contributed by atoms with Crippen LogP contribution < -0.4 is 15.5 Å². The average Bonchev–Trinajstić information content (AvgIpc) is 3.21. The summed E-state index contributed by atoms with van der Waals surface area (Å²) in [5.41, 5.74) is 1.24. The van der Waals surface area contributed by atoms with Gasteiger partial charge in [0.05, 0.1) is 5.69 Å². The van der Waals surface area contributed by atoms with E-state index in [4.69, 9.17) is 0 Å². The van der Waals surface area contributed by atoms with Crippen molar-refractivity contribution < 1.29 is 0 Å². The highest BCUT2D eigenvalue weighted by Gasteiger charge is 2.24. The van der Waals surface area contributed by atoms with E-state index in [0.29, 0.717) is 12.6 Å². The van der Waals surface area contributed by atoms with Crippen molar-refractivity contribution in [2.45, 2.75) is 32.9 Å². The van der Waals surface area contributed by atoms with E-state index in [0.717, 1.165) is 48.1 Å². The molecule has 7 nitrogen and oxygen atoms in total. The molecule has 3 rings (SSSR count). The molecule has 2 N–H and O–H groups in total. The van der Waals surface area contributed by atoms with Crippen molar-refractivity contribution in [1.29, 1.82) is 0 Å². The summed E-state index contributed by atoms with van der Waals surface area (Å²) < 4.78 is 3.11. The van der Waals surface area contributed by atoms with Gasteiger partial charge in [-0.15, -0.1) is 34.2 Å². The minimum atomic E-state index is 0. The van der Waals surface area contributed by atoms with E-state index >= 15 is 0 Å². The first kappa shape index (κ1) is 21.9. The van der Waals surface area contributed by atoms with Crippen molar-refractivity contribution in [3.8, 4) is 0 Å². The van der Waals surface area contributed by atoms with Gasteiger partial charge in [0.1, 0.15) is 12.4 Å². The van der Waals surface area contributed by atoms with Crippen LogP contribution in [0.5, 0.6) is 0 Å². The number of nitrogens with zero attached hydrogens (tertiary/aromatic N) is 5. The fraction of sp³-hybridized carbons (Fsp3) is 0.500. The summed E-state index contributed by atoms with van der Waals surface area (Å²) in [6, 6.07) is 8.73. The first-order chi connectivity index (χ1) is 12.6. The lowest BCUT2D eigenvalue weighted by molar-refractivity contribution is 0.646. The van der Waals surface area contributed by atoms with Crippen LogP contribution in [0.25, 0.3) is 0 Å². The standard InChI is InChI=1S/C18H26BrN7.HI/c1-4-20-18(21-11-17-24-23-13(2)25(17)3)22-14-9-10-26(12-14)16-8-6-5-7-15(16)19;/h5-8,14H,4,9-12H2,1-3H3,(H2,20,21,22);1H. The molecule has 9 heteroatoms. The van der Waals surface area contributed by atoms with Gasteiger partial charge in [-0.1, -0.05) is 12.1 Å². The average molecular weight is 548 g/mol. The van der Waals surface area contributed by atoms with Crippen LogP contribution in [0.15, 0.2) is 33.7 Å². The number of guanidine groups is 1. The molecule has 0 saturated carbocycles. The molecule has 1 aliphatic rings. The molecule has 27 heavy (non-hydrogen) atoms. The largest absolute Gasteiger partial charge is 0.368 e. The van der Waals surface area contributed by atoms with Crippen LogP contribution in [0, 0.1) is 6.92 Å². The van der Waals surface area contributed by atoms with E-state index in [9.17, 15) is 0 Å². The van der Waals surface area contributed by atoms with Crippen LogP contribution in [-0.2, 0) is 13.6 Å². The van der Waals surface area contributed by atoms with Gasteiger partial charge in [0.15, 0.2) is 11.8 Å². The maximum absolute atomic E-state index is 4.68. The molecule has 0 spiro atoms. The van der Waals surface area contributed by atoms with E-state index in [1.807, 2.05) is 24.6 Å². The second-order valence-corrected chi connectivity index (χ2v) is 7.30. The van der Waals surface area contributed by atoms with Crippen LogP contribution in [-0.4, -0.2) is 46.4 Å². The zero-order valence-corrected chi connectivity index (χ0v) is 19.9. The Morgan fingerprint density at radius 2 is 2.11 bits per heavy atom. The normalized spacial score (nSPS) is 17.0. The molecule has 2 heterocycles. The molecule has 1 aliphatic heterocycles. The van der Waals surface area contributed by atoms with Gasteiger partial charge < -0.3 is 20.1 Å². The van der Waals surface area contributed by atoms with Crippen molar-refractivity contribution in [3.63, 3.8) is 0 Å². The van der Waals surface area contributed by atoms with Crippen molar-refractivity contribution in [3.05, 3.63) is 40.4 Å². The minimum Gasteiger partial charge on any atom is -0.368 e. The Labute approximate surface area is 186 Å². The zero-order valence-electron chi connectivity index (χ0n) is 15.9. The third-order valence-corrected chi connectivity index (χ3v) is 5.30.